The zero-order valence-electron chi connectivity index (χ0n) is 21.5. The molecule has 10 heteroatoms. The minimum Gasteiger partial charge on any atom is -0.335 e. The number of halogens is 1. The van der Waals surface area contributed by atoms with E-state index in [1.807, 2.05) is 18.2 Å². The first-order valence-corrected chi connectivity index (χ1v) is 13.3. The van der Waals surface area contributed by atoms with Crippen molar-refractivity contribution < 1.29 is 9.18 Å². The summed E-state index contributed by atoms with van der Waals surface area (Å²) in [5.41, 5.74) is 5.78. The summed E-state index contributed by atoms with van der Waals surface area (Å²) < 4.78 is 15.3. The van der Waals surface area contributed by atoms with E-state index >= 15 is 4.39 Å². The molecule has 7 rings (SSSR count). The molecule has 1 amide bonds. The van der Waals surface area contributed by atoms with E-state index in [1.165, 1.54) is 12.5 Å². The van der Waals surface area contributed by atoms with Crippen LogP contribution < -0.4 is 5.32 Å². The third-order valence-electron chi connectivity index (χ3n) is 7.55. The fraction of sp³-hybridized carbons (Fsp3) is 0.200. The molecule has 6 aromatic rings. The largest absolute Gasteiger partial charge is 0.335 e. The zero-order valence-corrected chi connectivity index (χ0v) is 21.5. The number of fused-ring (bicyclic) bond motifs is 2. The fourth-order valence-corrected chi connectivity index (χ4v) is 5.50. The number of rotatable bonds is 5. The lowest BCUT2D eigenvalue weighted by Gasteiger charge is -2.20. The summed E-state index contributed by atoms with van der Waals surface area (Å²) in [5, 5.41) is 11.0. The van der Waals surface area contributed by atoms with Gasteiger partial charge in [0.2, 0.25) is 5.91 Å². The summed E-state index contributed by atoms with van der Waals surface area (Å²) in [6.07, 6.45) is 13.5. The standard InChI is InChI=1S/C30H25FN8O/c31-24-14-25-23(13-22(24)19-12-20(16-33-15-19)35-30(40)18-4-2-1-3-5-18)27(39-38-25)29-36-26-21(8-11-34-28(26)37-29)17-6-9-32-10-7-17/h6-16,18H,1-5H2,(H,35,40)(H,38,39)(H,34,36,37). The Kier molecular flexibility index (Phi) is 5.99. The third kappa shape index (κ3) is 4.37. The summed E-state index contributed by atoms with van der Waals surface area (Å²) in [6.45, 7) is 0. The molecule has 0 spiro atoms. The predicted octanol–water partition coefficient (Wildman–Crippen LogP) is 6.28. The van der Waals surface area contributed by atoms with E-state index in [1.54, 1.807) is 43.1 Å². The molecular formula is C30H25FN8O. The number of amides is 1. The van der Waals surface area contributed by atoms with Crippen LogP contribution in [0.5, 0.6) is 0 Å². The van der Waals surface area contributed by atoms with Gasteiger partial charge in [0.25, 0.3) is 0 Å². The molecule has 1 saturated carbocycles. The van der Waals surface area contributed by atoms with Gasteiger partial charge >= 0.3 is 0 Å². The topological polar surface area (TPSA) is 125 Å². The number of carbonyl (C=O) groups is 1. The van der Waals surface area contributed by atoms with Crippen LogP contribution in [-0.4, -0.2) is 41.0 Å². The minimum absolute atomic E-state index is 0.00340. The maximum absolute atomic E-state index is 15.3. The van der Waals surface area contributed by atoms with Gasteiger partial charge in [0.15, 0.2) is 11.5 Å². The van der Waals surface area contributed by atoms with Crippen molar-refractivity contribution in [3.63, 3.8) is 0 Å². The van der Waals surface area contributed by atoms with Crippen molar-refractivity contribution >= 4 is 33.7 Å². The number of aromatic nitrogens is 7. The Hall–Kier alpha value is -4.99. The Morgan fingerprint density at radius 1 is 0.925 bits per heavy atom. The van der Waals surface area contributed by atoms with E-state index in [0.717, 1.165) is 42.3 Å². The van der Waals surface area contributed by atoms with Crippen molar-refractivity contribution in [3.8, 4) is 33.8 Å². The third-order valence-corrected chi connectivity index (χ3v) is 7.55. The number of nitrogens with one attached hydrogen (secondary N) is 3. The quantitative estimate of drug-likeness (QED) is 0.240. The number of carbonyl (C=O) groups excluding carboxylic acids is 1. The zero-order chi connectivity index (χ0) is 27.1. The number of benzene rings is 1. The summed E-state index contributed by atoms with van der Waals surface area (Å²) in [5.74, 6) is 0.0959. The van der Waals surface area contributed by atoms with E-state index in [0.29, 0.717) is 44.9 Å². The summed E-state index contributed by atoms with van der Waals surface area (Å²) in [6, 6.07) is 10.7. The predicted molar refractivity (Wildman–Crippen MR) is 151 cm³/mol. The lowest BCUT2D eigenvalue weighted by Crippen LogP contribution is -2.24. The molecule has 40 heavy (non-hydrogen) atoms. The van der Waals surface area contributed by atoms with Crippen LogP contribution >= 0.6 is 0 Å². The highest BCUT2D eigenvalue weighted by Crippen LogP contribution is 2.34. The monoisotopic (exact) mass is 532 g/mol. The molecule has 0 saturated heterocycles. The Morgan fingerprint density at radius 2 is 1.77 bits per heavy atom. The second-order valence-corrected chi connectivity index (χ2v) is 10.1. The molecule has 0 unspecified atom stereocenters. The van der Waals surface area contributed by atoms with Gasteiger partial charge in [-0.1, -0.05) is 19.3 Å². The second-order valence-electron chi connectivity index (χ2n) is 10.1. The van der Waals surface area contributed by atoms with Crippen LogP contribution in [0.3, 0.4) is 0 Å². The SMILES string of the molecule is O=C(Nc1cncc(-c2cc3c(-c4nc5nccc(-c6ccncc6)c5[nH]4)n[nH]c3cc2F)c1)C1CCCCC1. The van der Waals surface area contributed by atoms with E-state index in [9.17, 15) is 4.79 Å². The van der Waals surface area contributed by atoms with Crippen molar-refractivity contribution in [1.29, 1.82) is 0 Å². The molecular weight excluding hydrogens is 507 g/mol. The lowest BCUT2D eigenvalue weighted by atomic mass is 9.88. The highest BCUT2D eigenvalue weighted by atomic mass is 19.1. The van der Waals surface area contributed by atoms with Crippen molar-refractivity contribution in [2.45, 2.75) is 32.1 Å². The minimum atomic E-state index is -0.425. The summed E-state index contributed by atoms with van der Waals surface area (Å²) in [7, 11) is 0. The van der Waals surface area contributed by atoms with E-state index < -0.39 is 5.82 Å². The molecule has 5 heterocycles. The average Bonchev–Trinajstić information content (AvgIpc) is 3.61. The van der Waals surface area contributed by atoms with Gasteiger partial charge in [-0.2, -0.15) is 5.10 Å². The summed E-state index contributed by atoms with van der Waals surface area (Å²) in [4.78, 5) is 33.6. The van der Waals surface area contributed by atoms with Gasteiger partial charge in [-0.15, -0.1) is 0 Å². The number of hydrogen-bond donors (Lipinski definition) is 3. The van der Waals surface area contributed by atoms with Gasteiger partial charge < -0.3 is 10.3 Å². The van der Waals surface area contributed by atoms with Gasteiger partial charge in [0, 0.05) is 58.8 Å². The lowest BCUT2D eigenvalue weighted by molar-refractivity contribution is -0.120. The molecule has 9 nitrogen and oxygen atoms in total. The van der Waals surface area contributed by atoms with Crippen molar-refractivity contribution in [3.05, 3.63) is 73.2 Å². The normalized spacial score (nSPS) is 14.1. The van der Waals surface area contributed by atoms with Crippen LogP contribution in [0.1, 0.15) is 32.1 Å². The smallest absolute Gasteiger partial charge is 0.227 e. The van der Waals surface area contributed by atoms with Crippen LogP contribution in [0.15, 0.2) is 67.4 Å². The van der Waals surface area contributed by atoms with Gasteiger partial charge in [-0.05, 0) is 48.7 Å². The maximum Gasteiger partial charge on any atom is 0.227 e. The number of hydrogen-bond acceptors (Lipinski definition) is 6. The Bertz CT molecular complexity index is 1860. The van der Waals surface area contributed by atoms with Crippen molar-refractivity contribution in [2.24, 2.45) is 5.92 Å². The first-order chi connectivity index (χ1) is 19.6. The molecule has 0 atom stereocenters. The highest BCUT2D eigenvalue weighted by molar-refractivity contribution is 5.98. The first-order valence-electron chi connectivity index (χ1n) is 13.3. The fourth-order valence-electron chi connectivity index (χ4n) is 5.50. The van der Waals surface area contributed by atoms with Gasteiger partial charge in [-0.25, -0.2) is 14.4 Å². The van der Waals surface area contributed by atoms with Crippen LogP contribution in [0.4, 0.5) is 10.1 Å². The molecule has 0 aliphatic heterocycles. The van der Waals surface area contributed by atoms with Crippen LogP contribution in [0.2, 0.25) is 0 Å². The van der Waals surface area contributed by atoms with Crippen molar-refractivity contribution in [2.75, 3.05) is 5.32 Å². The summed E-state index contributed by atoms with van der Waals surface area (Å²) >= 11 is 0. The number of pyridine rings is 3. The maximum atomic E-state index is 15.3. The molecule has 3 N–H and O–H groups in total. The molecule has 0 radical (unpaired) electrons. The number of nitrogens with zero attached hydrogens (tertiary/aromatic N) is 5. The molecule has 5 aromatic heterocycles. The molecule has 1 aliphatic rings. The van der Waals surface area contributed by atoms with Gasteiger partial charge in [0.1, 0.15) is 11.5 Å². The van der Waals surface area contributed by atoms with Gasteiger partial charge in [0.05, 0.1) is 22.9 Å². The van der Waals surface area contributed by atoms with E-state index in [2.05, 4.69) is 40.4 Å². The Morgan fingerprint density at radius 3 is 2.62 bits per heavy atom. The Labute approximate surface area is 228 Å². The number of H-pyrrole nitrogens is 2. The van der Waals surface area contributed by atoms with E-state index in [-0.39, 0.29) is 11.8 Å². The number of aromatic amines is 2. The molecule has 1 aromatic carbocycles. The molecule has 198 valence electrons. The Balaban J connectivity index is 1.25. The van der Waals surface area contributed by atoms with Crippen LogP contribution in [0.25, 0.3) is 55.8 Å². The van der Waals surface area contributed by atoms with E-state index in [4.69, 9.17) is 0 Å². The number of anilines is 1. The molecule has 1 fully saturated rings. The first kappa shape index (κ1) is 24.1. The average molecular weight is 533 g/mol. The molecule has 1 aliphatic carbocycles. The van der Waals surface area contributed by atoms with Crippen LogP contribution in [0, 0.1) is 11.7 Å². The number of imidazole rings is 1. The van der Waals surface area contributed by atoms with Crippen molar-refractivity contribution in [1.82, 2.24) is 35.1 Å². The van der Waals surface area contributed by atoms with Gasteiger partial charge in [-0.3, -0.25) is 19.9 Å². The highest BCUT2D eigenvalue weighted by Gasteiger charge is 2.22. The molecule has 0 bridgehead atoms. The van der Waals surface area contributed by atoms with Crippen LogP contribution in [-0.2, 0) is 4.79 Å². The second kappa shape index (κ2) is 9.96.